The second-order valence-corrected chi connectivity index (χ2v) is 5.39. The van der Waals surface area contributed by atoms with Crippen molar-refractivity contribution < 1.29 is 14.4 Å². The molecule has 0 radical (unpaired) electrons. The second kappa shape index (κ2) is 7.59. The molecule has 0 bridgehead atoms. The first-order valence-electron chi connectivity index (χ1n) is 7.48. The van der Waals surface area contributed by atoms with E-state index >= 15 is 0 Å². The van der Waals surface area contributed by atoms with E-state index in [0.717, 1.165) is 24.9 Å². The van der Waals surface area contributed by atoms with Crippen LogP contribution in [0.5, 0.6) is 0 Å². The fourth-order valence-electron chi connectivity index (χ4n) is 2.54. The van der Waals surface area contributed by atoms with Crippen LogP contribution >= 0.6 is 0 Å². The van der Waals surface area contributed by atoms with Crippen LogP contribution in [0.15, 0.2) is 18.2 Å². The van der Waals surface area contributed by atoms with Gasteiger partial charge in [-0.3, -0.25) is 14.4 Å². The molecule has 0 saturated carbocycles. The number of rotatable bonds is 5. The van der Waals surface area contributed by atoms with E-state index in [4.69, 9.17) is 0 Å². The second-order valence-electron chi connectivity index (χ2n) is 5.39. The van der Waals surface area contributed by atoms with E-state index in [9.17, 15) is 14.4 Å². The highest BCUT2D eigenvalue weighted by Crippen LogP contribution is 2.27. The van der Waals surface area contributed by atoms with Crippen molar-refractivity contribution in [2.75, 3.05) is 18.4 Å². The van der Waals surface area contributed by atoms with Crippen LogP contribution in [0, 0.1) is 0 Å². The molecule has 0 saturated heterocycles. The van der Waals surface area contributed by atoms with Crippen LogP contribution in [0.2, 0.25) is 0 Å². The predicted molar refractivity (Wildman–Crippen MR) is 83.4 cm³/mol. The summed E-state index contributed by atoms with van der Waals surface area (Å²) in [5.74, 6) is -0.939. The summed E-state index contributed by atoms with van der Waals surface area (Å²) in [4.78, 5) is 34.1. The van der Waals surface area contributed by atoms with Gasteiger partial charge in [0.1, 0.15) is 0 Å². The Morgan fingerprint density at radius 3 is 2.50 bits per heavy atom. The number of carbonyl (C=O) groups excluding carboxylic acids is 3. The molecule has 0 spiro atoms. The zero-order valence-electron chi connectivity index (χ0n) is 12.7. The minimum atomic E-state index is -0.388. The average molecular weight is 303 g/mol. The van der Waals surface area contributed by atoms with Gasteiger partial charge in [0.25, 0.3) is 0 Å². The largest absolute Gasteiger partial charge is 0.347 e. The van der Waals surface area contributed by atoms with Gasteiger partial charge < -0.3 is 16.0 Å². The van der Waals surface area contributed by atoms with Crippen molar-refractivity contribution in [3.05, 3.63) is 29.3 Å². The van der Waals surface area contributed by atoms with Gasteiger partial charge in [-0.2, -0.15) is 0 Å². The lowest BCUT2D eigenvalue weighted by Gasteiger charge is -2.19. The van der Waals surface area contributed by atoms with Gasteiger partial charge in [-0.1, -0.05) is 12.1 Å². The van der Waals surface area contributed by atoms with E-state index in [1.54, 1.807) is 0 Å². The van der Waals surface area contributed by atoms with Gasteiger partial charge in [0.15, 0.2) is 0 Å². The van der Waals surface area contributed by atoms with Crippen molar-refractivity contribution in [2.24, 2.45) is 0 Å². The smallest absolute Gasteiger partial charge is 0.243 e. The molecule has 0 atom stereocenters. The van der Waals surface area contributed by atoms with E-state index in [0.29, 0.717) is 0 Å². The Morgan fingerprint density at radius 2 is 1.73 bits per heavy atom. The highest BCUT2D eigenvalue weighted by atomic mass is 16.2. The van der Waals surface area contributed by atoms with Crippen molar-refractivity contribution in [3.63, 3.8) is 0 Å². The molecular weight excluding hydrogens is 282 g/mol. The van der Waals surface area contributed by atoms with Crippen molar-refractivity contribution in [1.82, 2.24) is 10.6 Å². The summed E-state index contributed by atoms with van der Waals surface area (Å²) in [6.45, 7) is 1.10. The first kappa shape index (κ1) is 16.0. The summed E-state index contributed by atoms with van der Waals surface area (Å²) in [7, 11) is 0. The molecule has 1 aliphatic rings. The van der Waals surface area contributed by atoms with E-state index < -0.39 is 0 Å². The Kier molecular flexibility index (Phi) is 5.52. The van der Waals surface area contributed by atoms with Crippen molar-refractivity contribution in [3.8, 4) is 0 Å². The number of nitrogens with one attached hydrogen (secondary N) is 3. The zero-order chi connectivity index (χ0) is 15.9. The molecule has 3 N–H and O–H groups in total. The van der Waals surface area contributed by atoms with Gasteiger partial charge in [-0.15, -0.1) is 0 Å². The summed E-state index contributed by atoms with van der Waals surface area (Å²) in [6, 6.07) is 5.93. The number of aryl methyl sites for hydroxylation is 1. The maximum atomic E-state index is 11.9. The zero-order valence-corrected chi connectivity index (χ0v) is 12.7. The molecule has 6 nitrogen and oxygen atoms in total. The lowest BCUT2D eigenvalue weighted by atomic mass is 9.90. The van der Waals surface area contributed by atoms with Crippen LogP contribution in [-0.4, -0.2) is 30.8 Å². The Morgan fingerprint density at radius 1 is 1.00 bits per heavy atom. The Hall–Kier alpha value is -2.37. The van der Waals surface area contributed by atoms with Gasteiger partial charge in [-0.25, -0.2) is 0 Å². The summed E-state index contributed by atoms with van der Waals surface area (Å²) in [5.41, 5.74) is 3.32. The quantitative estimate of drug-likeness (QED) is 0.750. The van der Waals surface area contributed by atoms with Gasteiger partial charge >= 0.3 is 0 Å². The van der Waals surface area contributed by atoms with Crippen LogP contribution in [0.1, 0.15) is 30.9 Å². The number of carbonyl (C=O) groups is 3. The average Bonchev–Trinajstić information content (AvgIpc) is 2.51. The molecule has 0 aromatic heterocycles. The lowest BCUT2D eigenvalue weighted by Crippen LogP contribution is -2.39. The van der Waals surface area contributed by atoms with Gasteiger partial charge in [0.2, 0.25) is 17.7 Å². The molecule has 1 aromatic carbocycles. The first-order chi connectivity index (χ1) is 10.6. The summed E-state index contributed by atoms with van der Waals surface area (Å²) in [6.07, 6.45) is 4.34. The minimum absolute atomic E-state index is 0.109. The molecule has 22 heavy (non-hydrogen) atoms. The van der Waals surface area contributed by atoms with Crippen LogP contribution < -0.4 is 16.0 Å². The number of fused-ring (bicyclic) bond motifs is 1. The molecular formula is C16H21N3O3. The summed E-state index contributed by atoms with van der Waals surface area (Å²) in [5, 5.41) is 7.70. The molecule has 0 heterocycles. The third-order valence-corrected chi connectivity index (χ3v) is 3.61. The van der Waals surface area contributed by atoms with E-state index in [2.05, 4.69) is 22.0 Å². The summed E-state index contributed by atoms with van der Waals surface area (Å²) < 4.78 is 0. The Labute approximate surface area is 129 Å². The monoisotopic (exact) mass is 303 g/mol. The molecule has 6 heteroatoms. The fraction of sp³-hybridized carbons (Fsp3) is 0.438. The van der Waals surface area contributed by atoms with Crippen LogP contribution in [0.3, 0.4) is 0 Å². The predicted octanol–water partition coefficient (Wildman–Crippen LogP) is 0.756. The normalized spacial score (nSPS) is 13.0. The third kappa shape index (κ3) is 4.58. The van der Waals surface area contributed by atoms with Crippen molar-refractivity contribution in [2.45, 2.75) is 32.6 Å². The molecule has 0 fully saturated rings. The number of benzene rings is 1. The van der Waals surface area contributed by atoms with Crippen LogP contribution in [0.25, 0.3) is 0 Å². The topological polar surface area (TPSA) is 87.3 Å². The number of hydrogen-bond donors (Lipinski definition) is 3. The van der Waals surface area contributed by atoms with E-state index in [1.807, 2.05) is 12.1 Å². The summed E-state index contributed by atoms with van der Waals surface area (Å²) >= 11 is 0. The van der Waals surface area contributed by atoms with Crippen LogP contribution in [-0.2, 0) is 27.2 Å². The SMILES string of the molecule is CC(=O)NCC(=O)NCC(=O)Nc1cccc2c1CCCC2. The standard InChI is InChI=1S/C16H21N3O3/c1-11(20)17-9-15(21)18-10-16(22)19-14-8-4-6-12-5-2-3-7-13(12)14/h4,6,8H,2-3,5,7,9-10H2,1H3,(H,17,20)(H,18,21)(H,19,22). The van der Waals surface area contributed by atoms with E-state index in [-0.39, 0.29) is 30.8 Å². The van der Waals surface area contributed by atoms with Gasteiger partial charge in [0.05, 0.1) is 13.1 Å². The molecule has 3 amide bonds. The number of hydrogen-bond acceptors (Lipinski definition) is 3. The molecule has 1 aliphatic carbocycles. The highest BCUT2D eigenvalue weighted by Gasteiger charge is 2.14. The Bertz CT molecular complexity index is 584. The lowest BCUT2D eigenvalue weighted by molar-refractivity contribution is -0.126. The molecule has 2 rings (SSSR count). The van der Waals surface area contributed by atoms with E-state index in [1.165, 1.54) is 24.5 Å². The van der Waals surface area contributed by atoms with Gasteiger partial charge in [-0.05, 0) is 42.9 Å². The number of amides is 3. The maximum absolute atomic E-state index is 11.9. The Balaban J connectivity index is 1.85. The number of anilines is 1. The minimum Gasteiger partial charge on any atom is -0.347 e. The first-order valence-corrected chi connectivity index (χ1v) is 7.48. The molecule has 1 aromatic rings. The highest BCUT2D eigenvalue weighted by molar-refractivity contribution is 5.95. The molecule has 0 unspecified atom stereocenters. The molecule has 0 aliphatic heterocycles. The van der Waals surface area contributed by atoms with Gasteiger partial charge in [0, 0.05) is 12.6 Å². The molecule has 118 valence electrons. The van der Waals surface area contributed by atoms with Crippen LogP contribution in [0.4, 0.5) is 5.69 Å². The van der Waals surface area contributed by atoms with Crippen molar-refractivity contribution >= 4 is 23.4 Å². The van der Waals surface area contributed by atoms with Crippen molar-refractivity contribution in [1.29, 1.82) is 0 Å². The maximum Gasteiger partial charge on any atom is 0.243 e. The fourth-order valence-corrected chi connectivity index (χ4v) is 2.54. The third-order valence-electron chi connectivity index (χ3n) is 3.61.